The van der Waals surface area contributed by atoms with Gasteiger partial charge in [0.05, 0.1) is 6.54 Å². The van der Waals surface area contributed by atoms with Crippen LogP contribution in [0.5, 0.6) is 5.75 Å². The number of nitrogens with two attached hydrogens (primary N) is 1. The van der Waals surface area contributed by atoms with Gasteiger partial charge in [0.1, 0.15) is 11.3 Å². The lowest BCUT2D eigenvalue weighted by atomic mass is 10.1. The molecule has 132 valence electrons. The second-order valence-electron chi connectivity index (χ2n) is 5.99. The van der Waals surface area contributed by atoms with Crippen molar-refractivity contribution < 1.29 is 9.90 Å². The van der Waals surface area contributed by atoms with E-state index in [0.717, 1.165) is 11.1 Å². The van der Waals surface area contributed by atoms with Crippen LogP contribution in [-0.2, 0) is 19.4 Å². The fraction of sp³-hybridized carbons (Fsp3) is 0.150. The molecule has 6 heteroatoms. The van der Waals surface area contributed by atoms with E-state index in [1.807, 2.05) is 30.3 Å². The van der Waals surface area contributed by atoms with Crippen molar-refractivity contribution in [3.8, 4) is 5.75 Å². The molecule has 3 rings (SSSR count). The second kappa shape index (κ2) is 7.65. The van der Waals surface area contributed by atoms with Crippen LogP contribution in [0.2, 0.25) is 0 Å². The van der Waals surface area contributed by atoms with Gasteiger partial charge in [0.25, 0.3) is 11.5 Å². The average Bonchev–Trinajstić information content (AvgIpc) is 2.64. The van der Waals surface area contributed by atoms with Crippen molar-refractivity contribution in [1.29, 1.82) is 0 Å². The van der Waals surface area contributed by atoms with Crippen molar-refractivity contribution in [2.75, 3.05) is 0 Å². The van der Waals surface area contributed by atoms with Crippen LogP contribution in [0, 0.1) is 0 Å². The molecule has 0 saturated heterocycles. The zero-order chi connectivity index (χ0) is 18.5. The maximum Gasteiger partial charge on any atom is 0.267 e. The van der Waals surface area contributed by atoms with E-state index in [2.05, 4.69) is 4.98 Å². The number of primary amides is 1. The Hall–Kier alpha value is -3.41. The van der Waals surface area contributed by atoms with Crippen LogP contribution >= 0.6 is 0 Å². The normalized spacial score (nSPS) is 10.6. The molecule has 0 bridgehead atoms. The van der Waals surface area contributed by atoms with Crippen molar-refractivity contribution in [1.82, 2.24) is 9.55 Å². The Bertz CT molecular complexity index is 967. The zero-order valence-electron chi connectivity index (χ0n) is 14.1. The number of aromatic nitrogens is 2. The summed E-state index contributed by atoms with van der Waals surface area (Å²) in [5.41, 5.74) is 6.92. The Kier molecular flexibility index (Phi) is 5.12. The third-order valence-electron chi connectivity index (χ3n) is 4.21. The molecule has 0 atom stereocenters. The summed E-state index contributed by atoms with van der Waals surface area (Å²) in [4.78, 5) is 28.3. The number of nitrogens with zero attached hydrogens (tertiary/aromatic N) is 2. The summed E-state index contributed by atoms with van der Waals surface area (Å²) in [6.45, 7) is 0.270. The van der Waals surface area contributed by atoms with Gasteiger partial charge < -0.3 is 15.4 Å². The molecule has 3 aromatic rings. The van der Waals surface area contributed by atoms with Gasteiger partial charge in [-0.15, -0.1) is 0 Å². The van der Waals surface area contributed by atoms with Crippen LogP contribution in [0.15, 0.2) is 65.7 Å². The molecule has 0 unspecified atom stereocenters. The summed E-state index contributed by atoms with van der Waals surface area (Å²) in [6, 6.07) is 14.9. The lowest BCUT2D eigenvalue weighted by Crippen LogP contribution is -2.32. The van der Waals surface area contributed by atoms with Gasteiger partial charge in [0.15, 0.2) is 0 Å². The lowest BCUT2D eigenvalue weighted by Gasteiger charge is -2.15. The minimum atomic E-state index is -0.939. The first kappa shape index (κ1) is 17.4. The molecule has 0 aliphatic rings. The summed E-state index contributed by atoms with van der Waals surface area (Å²) in [5.74, 6) is -1.32. The fourth-order valence-corrected chi connectivity index (χ4v) is 2.88. The van der Waals surface area contributed by atoms with Crippen LogP contribution in [0.25, 0.3) is 0 Å². The molecule has 0 fully saturated rings. The van der Waals surface area contributed by atoms with Gasteiger partial charge in [0, 0.05) is 24.2 Å². The van der Waals surface area contributed by atoms with E-state index in [1.165, 1.54) is 10.6 Å². The van der Waals surface area contributed by atoms with Crippen molar-refractivity contribution in [3.05, 3.63) is 93.7 Å². The molecule has 0 aliphatic heterocycles. The predicted molar refractivity (Wildman–Crippen MR) is 98.1 cm³/mol. The summed E-state index contributed by atoms with van der Waals surface area (Å²) in [5, 5.41) is 10.1. The SMILES string of the molecule is NC(=O)c1c(O)cc(CCc2ccccc2)n(Cc2ccncc2)c1=O. The minimum Gasteiger partial charge on any atom is -0.507 e. The molecule has 1 aromatic carbocycles. The Balaban J connectivity index is 2.01. The molecule has 2 aromatic heterocycles. The monoisotopic (exact) mass is 349 g/mol. The number of pyridine rings is 2. The first-order valence-corrected chi connectivity index (χ1v) is 8.24. The molecule has 0 aliphatic carbocycles. The van der Waals surface area contributed by atoms with Crippen LogP contribution in [0.3, 0.4) is 0 Å². The highest BCUT2D eigenvalue weighted by Gasteiger charge is 2.18. The van der Waals surface area contributed by atoms with E-state index >= 15 is 0 Å². The van der Waals surface area contributed by atoms with Gasteiger partial charge in [-0.1, -0.05) is 30.3 Å². The Labute approximate surface area is 150 Å². The van der Waals surface area contributed by atoms with Crippen molar-refractivity contribution in [3.63, 3.8) is 0 Å². The molecular weight excluding hydrogens is 330 g/mol. The number of aryl methyl sites for hydroxylation is 2. The van der Waals surface area contributed by atoms with Crippen LogP contribution in [-0.4, -0.2) is 20.6 Å². The highest BCUT2D eigenvalue weighted by atomic mass is 16.3. The van der Waals surface area contributed by atoms with E-state index in [1.54, 1.807) is 24.5 Å². The van der Waals surface area contributed by atoms with Gasteiger partial charge in [-0.25, -0.2) is 0 Å². The molecule has 6 nitrogen and oxygen atoms in total. The number of carbonyl (C=O) groups excluding carboxylic acids is 1. The van der Waals surface area contributed by atoms with Gasteiger partial charge in [-0.2, -0.15) is 0 Å². The third-order valence-corrected chi connectivity index (χ3v) is 4.21. The summed E-state index contributed by atoms with van der Waals surface area (Å²) >= 11 is 0. The predicted octanol–water partition coefficient (Wildman–Crippen LogP) is 1.88. The average molecular weight is 349 g/mol. The third kappa shape index (κ3) is 3.80. The first-order valence-electron chi connectivity index (χ1n) is 8.24. The largest absolute Gasteiger partial charge is 0.507 e. The number of rotatable bonds is 6. The van der Waals surface area contributed by atoms with Crippen molar-refractivity contribution >= 4 is 5.91 Å². The van der Waals surface area contributed by atoms with E-state index in [9.17, 15) is 14.7 Å². The number of benzene rings is 1. The van der Waals surface area contributed by atoms with E-state index < -0.39 is 11.5 Å². The molecule has 0 radical (unpaired) electrons. The van der Waals surface area contributed by atoms with E-state index in [4.69, 9.17) is 5.73 Å². The Morgan fingerprint density at radius 3 is 2.38 bits per heavy atom. The van der Waals surface area contributed by atoms with Crippen molar-refractivity contribution in [2.24, 2.45) is 5.73 Å². The fourth-order valence-electron chi connectivity index (χ4n) is 2.88. The molecule has 0 spiro atoms. The molecular formula is C20H19N3O3. The standard InChI is InChI=1S/C20H19N3O3/c21-19(25)18-17(24)12-16(7-6-14-4-2-1-3-5-14)23(20(18)26)13-15-8-10-22-11-9-15/h1-5,8-12,24H,6-7,13H2,(H2,21,25). The highest BCUT2D eigenvalue weighted by Crippen LogP contribution is 2.17. The number of hydrogen-bond acceptors (Lipinski definition) is 4. The Morgan fingerprint density at radius 2 is 1.73 bits per heavy atom. The highest BCUT2D eigenvalue weighted by molar-refractivity contribution is 5.95. The summed E-state index contributed by atoms with van der Waals surface area (Å²) in [7, 11) is 0. The van der Waals surface area contributed by atoms with Crippen LogP contribution < -0.4 is 11.3 Å². The van der Waals surface area contributed by atoms with E-state index in [-0.39, 0.29) is 17.9 Å². The minimum absolute atomic E-state index is 0.270. The molecule has 26 heavy (non-hydrogen) atoms. The summed E-state index contributed by atoms with van der Waals surface area (Å²) < 4.78 is 1.48. The number of carbonyl (C=O) groups is 1. The lowest BCUT2D eigenvalue weighted by molar-refractivity contribution is 0.0995. The van der Waals surface area contributed by atoms with Crippen molar-refractivity contribution in [2.45, 2.75) is 19.4 Å². The van der Waals surface area contributed by atoms with Gasteiger partial charge in [0.2, 0.25) is 0 Å². The zero-order valence-corrected chi connectivity index (χ0v) is 14.1. The number of amides is 1. The molecule has 0 saturated carbocycles. The Morgan fingerprint density at radius 1 is 1.04 bits per heavy atom. The number of hydrogen-bond donors (Lipinski definition) is 2. The van der Waals surface area contributed by atoms with Crippen LogP contribution in [0.4, 0.5) is 0 Å². The molecule has 3 N–H and O–H groups in total. The first-order chi connectivity index (χ1) is 12.6. The summed E-state index contributed by atoms with van der Waals surface area (Å²) in [6.07, 6.45) is 4.52. The molecule has 2 heterocycles. The maximum absolute atomic E-state index is 12.8. The molecule has 1 amide bonds. The second-order valence-corrected chi connectivity index (χ2v) is 5.99. The maximum atomic E-state index is 12.8. The smallest absolute Gasteiger partial charge is 0.267 e. The van der Waals surface area contributed by atoms with Gasteiger partial charge in [-0.3, -0.25) is 14.6 Å². The number of aromatic hydroxyl groups is 1. The van der Waals surface area contributed by atoms with Crippen LogP contribution in [0.1, 0.15) is 27.2 Å². The quantitative estimate of drug-likeness (QED) is 0.710. The van der Waals surface area contributed by atoms with Gasteiger partial charge in [-0.05, 0) is 36.1 Å². The van der Waals surface area contributed by atoms with Gasteiger partial charge >= 0.3 is 0 Å². The van der Waals surface area contributed by atoms with E-state index in [0.29, 0.717) is 18.5 Å². The topological polar surface area (TPSA) is 98.2 Å².